The van der Waals surface area contributed by atoms with Gasteiger partial charge in [-0.15, -0.1) is 49.6 Å². The van der Waals surface area contributed by atoms with Crippen molar-refractivity contribution in [2.45, 2.75) is 0 Å². The fraction of sp³-hybridized carbons (Fsp3) is 0.235. The highest BCUT2D eigenvalue weighted by molar-refractivity contribution is 5.86. The first-order valence-electron chi connectivity index (χ1n) is 7.67. The topological polar surface area (TPSA) is 96.9 Å². The van der Waals surface area contributed by atoms with Gasteiger partial charge in [-0.3, -0.25) is 0 Å². The maximum Gasteiger partial charge on any atom is 0.191 e. The van der Waals surface area contributed by atoms with Crippen LogP contribution in [0.25, 0.3) is 0 Å². The van der Waals surface area contributed by atoms with Crippen molar-refractivity contribution in [3.8, 4) is 0 Å². The second-order valence-electron chi connectivity index (χ2n) is 5.62. The van der Waals surface area contributed by atoms with Gasteiger partial charge in [-0.1, -0.05) is 0 Å². The van der Waals surface area contributed by atoms with E-state index in [-0.39, 0.29) is 55.6 Å². The summed E-state index contributed by atoms with van der Waals surface area (Å²) in [5.41, 5.74) is 20.5. The summed E-state index contributed by atoms with van der Waals surface area (Å²) in [5.74, 6) is 0.0786. The molecular formula is C17H26Cl4N6. The number of piperazine rings is 1. The minimum atomic E-state index is 0. The van der Waals surface area contributed by atoms with Gasteiger partial charge in [0.05, 0.1) is 5.69 Å². The van der Waals surface area contributed by atoms with Crippen LogP contribution >= 0.6 is 49.6 Å². The number of nitrogens with two attached hydrogens (primary N) is 3. The molecule has 0 unspecified atom stereocenters. The molecule has 0 spiro atoms. The van der Waals surface area contributed by atoms with Crippen molar-refractivity contribution in [2.24, 2.45) is 16.5 Å². The van der Waals surface area contributed by atoms with Crippen molar-refractivity contribution in [1.29, 1.82) is 0 Å². The van der Waals surface area contributed by atoms with E-state index >= 15 is 0 Å². The van der Waals surface area contributed by atoms with Gasteiger partial charge in [-0.05, 0) is 48.5 Å². The number of aliphatic imine (C=N–C) groups is 1. The molecule has 1 heterocycles. The number of anilines is 3. The highest BCUT2D eigenvalue weighted by Crippen LogP contribution is 2.23. The average molecular weight is 456 g/mol. The molecule has 2 aromatic rings. The van der Waals surface area contributed by atoms with Gasteiger partial charge in [-0.2, -0.15) is 0 Å². The Bertz CT molecular complexity index is 682. The third-order valence-electron chi connectivity index (χ3n) is 4.01. The van der Waals surface area contributed by atoms with Crippen molar-refractivity contribution >= 4 is 78.3 Å². The molecule has 1 saturated heterocycles. The Labute approximate surface area is 184 Å². The molecule has 6 nitrogen and oxygen atoms in total. The van der Waals surface area contributed by atoms with Crippen molar-refractivity contribution in [1.82, 2.24) is 0 Å². The van der Waals surface area contributed by atoms with E-state index in [1.165, 1.54) is 11.4 Å². The van der Waals surface area contributed by atoms with Gasteiger partial charge in [0, 0.05) is 43.2 Å². The van der Waals surface area contributed by atoms with E-state index in [1.54, 1.807) is 0 Å². The lowest BCUT2D eigenvalue weighted by Crippen LogP contribution is -2.46. The second kappa shape index (κ2) is 12.6. The monoisotopic (exact) mass is 454 g/mol. The number of benzene rings is 2. The lowest BCUT2D eigenvalue weighted by atomic mass is 10.2. The van der Waals surface area contributed by atoms with Crippen LogP contribution < -0.4 is 27.0 Å². The molecule has 2 aromatic carbocycles. The zero-order valence-electron chi connectivity index (χ0n) is 14.7. The molecular weight excluding hydrogens is 430 g/mol. The number of nitrogens with zero attached hydrogens (tertiary/aromatic N) is 3. The summed E-state index contributed by atoms with van der Waals surface area (Å²) in [6.07, 6.45) is 0. The molecule has 27 heavy (non-hydrogen) atoms. The third-order valence-corrected chi connectivity index (χ3v) is 4.01. The summed E-state index contributed by atoms with van der Waals surface area (Å²) in [6, 6.07) is 16.0. The third kappa shape index (κ3) is 7.42. The Hall–Kier alpha value is -1.73. The summed E-state index contributed by atoms with van der Waals surface area (Å²) in [4.78, 5) is 8.79. The van der Waals surface area contributed by atoms with Gasteiger partial charge in [0.1, 0.15) is 0 Å². The van der Waals surface area contributed by atoms with E-state index < -0.39 is 0 Å². The van der Waals surface area contributed by atoms with Gasteiger partial charge in [-0.25, -0.2) is 4.99 Å². The molecule has 0 aliphatic carbocycles. The molecule has 1 aliphatic heterocycles. The second-order valence-corrected chi connectivity index (χ2v) is 5.62. The Kier molecular flexibility index (Phi) is 12.8. The predicted molar refractivity (Wildman–Crippen MR) is 126 cm³/mol. The maximum absolute atomic E-state index is 5.74. The van der Waals surface area contributed by atoms with Gasteiger partial charge < -0.3 is 27.0 Å². The summed E-state index contributed by atoms with van der Waals surface area (Å²) >= 11 is 0. The summed E-state index contributed by atoms with van der Waals surface area (Å²) in [5, 5.41) is 0. The lowest BCUT2D eigenvalue weighted by Gasteiger charge is -2.37. The molecule has 152 valence electrons. The largest absolute Gasteiger partial charge is 0.399 e. The van der Waals surface area contributed by atoms with E-state index in [0.717, 1.165) is 37.6 Å². The Morgan fingerprint density at radius 1 is 0.667 bits per heavy atom. The van der Waals surface area contributed by atoms with Crippen molar-refractivity contribution in [3.63, 3.8) is 0 Å². The van der Waals surface area contributed by atoms with Crippen LogP contribution in [0.4, 0.5) is 22.7 Å². The molecule has 0 radical (unpaired) electrons. The zero-order valence-corrected chi connectivity index (χ0v) is 17.9. The first-order chi connectivity index (χ1) is 11.1. The molecule has 1 aliphatic rings. The fourth-order valence-electron chi connectivity index (χ4n) is 2.80. The Morgan fingerprint density at radius 3 is 1.41 bits per heavy atom. The van der Waals surface area contributed by atoms with Crippen molar-refractivity contribution in [3.05, 3.63) is 48.5 Å². The zero-order chi connectivity index (χ0) is 16.2. The summed E-state index contributed by atoms with van der Waals surface area (Å²) in [7, 11) is 0. The number of guanidine groups is 1. The minimum Gasteiger partial charge on any atom is -0.399 e. The molecule has 3 rings (SSSR count). The van der Waals surface area contributed by atoms with Crippen molar-refractivity contribution in [2.75, 3.05) is 41.7 Å². The van der Waals surface area contributed by atoms with Gasteiger partial charge in [0.2, 0.25) is 0 Å². The average Bonchev–Trinajstić information content (AvgIpc) is 2.56. The van der Waals surface area contributed by atoms with Gasteiger partial charge in [0.15, 0.2) is 5.96 Å². The summed E-state index contributed by atoms with van der Waals surface area (Å²) < 4.78 is 0. The van der Waals surface area contributed by atoms with Crippen LogP contribution in [0, 0.1) is 0 Å². The number of halogens is 4. The van der Waals surface area contributed by atoms with Crippen LogP contribution in [0.2, 0.25) is 0 Å². The normalized spacial score (nSPS) is 12.4. The van der Waals surface area contributed by atoms with Crippen molar-refractivity contribution < 1.29 is 0 Å². The lowest BCUT2D eigenvalue weighted by molar-refractivity contribution is 0.653. The quantitative estimate of drug-likeness (QED) is 0.375. The van der Waals surface area contributed by atoms with Crippen LogP contribution in [-0.4, -0.2) is 32.1 Å². The van der Waals surface area contributed by atoms with E-state index in [2.05, 4.69) is 39.1 Å². The first kappa shape index (κ1) is 27.5. The molecule has 0 bridgehead atoms. The van der Waals surface area contributed by atoms with E-state index in [0.29, 0.717) is 0 Å². The molecule has 0 saturated carbocycles. The van der Waals surface area contributed by atoms with E-state index in [1.807, 2.05) is 24.3 Å². The van der Waals surface area contributed by atoms with Crippen LogP contribution in [-0.2, 0) is 0 Å². The molecule has 0 atom stereocenters. The fourth-order valence-corrected chi connectivity index (χ4v) is 2.80. The highest BCUT2D eigenvalue weighted by Gasteiger charge is 2.17. The minimum absolute atomic E-state index is 0. The van der Waals surface area contributed by atoms with Crippen LogP contribution in [0.5, 0.6) is 0 Å². The van der Waals surface area contributed by atoms with Crippen LogP contribution in [0.15, 0.2) is 53.5 Å². The number of nitrogen functional groups attached to an aromatic ring is 1. The maximum atomic E-state index is 5.74. The highest BCUT2D eigenvalue weighted by atomic mass is 35.5. The Balaban J connectivity index is 0. The first-order valence-corrected chi connectivity index (χ1v) is 7.67. The van der Waals surface area contributed by atoms with Crippen LogP contribution in [0.1, 0.15) is 0 Å². The number of rotatable bonds is 3. The number of hydrogen-bond donors (Lipinski definition) is 3. The smallest absolute Gasteiger partial charge is 0.191 e. The molecule has 0 amide bonds. The predicted octanol–water partition coefficient (Wildman–Crippen LogP) is 3.19. The SMILES string of the molecule is Cl.Cl.Cl.Cl.NC(N)=Nc1ccc(N2CCN(c3ccc(N)cc3)CC2)cc1. The standard InChI is InChI=1S/C17H22N6.4ClH/c18-13-1-5-15(6-2-13)22-9-11-23(12-10-22)16-7-3-14(4-8-16)21-17(19)20;;;;/h1-8H,9-12,18H2,(H4,19,20,21);4*1H. The Morgan fingerprint density at radius 2 is 1.04 bits per heavy atom. The van der Waals surface area contributed by atoms with Gasteiger partial charge in [0.25, 0.3) is 0 Å². The summed E-state index contributed by atoms with van der Waals surface area (Å²) in [6.45, 7) is 3.93. The van der Waals surface area contributed by atoms with Crippen LogP contribution in [0.3, 0.4) is 0 Å². The van der Waals surface area contributed by atoms with E-state index in [4.69, 9.17) is 17.2 Å². The number of hydrogen-bond acceptors (Lipinski definition) is 4. The molecule has 1 fully saturated rings. The molecule has 6 N–H and O–H groups in total. The van der Waals surface area contributed by atoms with E-state index in [9.17, 15) is 0 Å². The van der Waals surface area contributed by atoms with Gasteiger partial charge >= 0.3 is 0 Å². The molecule has 10 heteroatoms. The molecule has 0 aromatic heterocycles.